The van der Waals surface area contributed by atoms with Gasteiger partial charge in [-0.15, -0.1) is 12.4 Å². The van der Waals surface area contributed by atoms with Crippen molar-refractivity contribution >= 4 is 24.5 Å². The van der Waals surface area contributed by atoms with Gasteiger partial charge in [0.25, 0.3) is 5.91 Å². The van der Waals surface area contributed by atoms with Crippen LogP contribution < -0.4 is 20.6 Å². The molecule has 0 spiro atoms. The average Bonchev–Trinajstić information content (AvgIpc) is 2.62. The number of aromatic hydroxyl groups is 1. The lowest BCUT2D eigenvalue weighted by Crippen LogP contribution is -2.17. The third-order valence-corrected chi connectivity index (χ3v) is 3.33. The number of rotatable bonds is 6. The Kier molecular flexibility index (Phi) is 7.71. The van der Waals surface area contributed by atoms with E-state index in [1.165, 1.54) is 20.4 Å². The SMILES string of the molecule is COc1cc(/C=N/NC(=O)c2ccc(CN)cc2)cc(OC)c1O.Cl. The maximum absolute atomic E-state index is 12.0. The number of ether oxygens (including phenoxy) is 2. The molecule has 4 N–H and O–H groups in total. The fraction of sp³-hybridized carbons (Fsp3) is 0.176. The Bertz CT molecular complexity index is 723. The third-order valence-electron chi connectivity index (χ3n) is 3.33. The number of hydrogen-bond acceptors (Lipinski definition) is 6. The fourth-order valence-electron chi connectivity index (χ4n) is 2.01. The summed E-state index contributed by atoms with van der Waals surface area (Å²) >= 11 is 0. The molecule has 0 aliphatic carbocycles. The molecule has 0 heterocycles. The Labute approximate surface area is 151 Å². The molecule has 0 saturated heterocycles. The zero-order valence-corrected chi connectivity index (χ0v) is 14.7. The van der Waals surface area contributed by atoms with Crippen molar-refractivity contribution in [3.05, 3.63) is 53.1 Å². The van der Waals surface area contributed by atoms with E-state index in [1.54, 1.807) is 36.4 Å². The number of nitrogens with zero attached hydrogens (tertiary/aromatic N) is 1. The summed E-state index contributed by atoms with van der Waals surface area (Å²) in [7, 11) is 2.87. The second-order valence-corrected chi connectivity index (χ2v) is 4.87. The van der Waals surface area contributed by atoms with Gasteiger partial charge in [-0.3, -0.25) is 4.79 Å². The number of nitrogens with two attached hydrogens (primary N) is 1. The van der Waals surface area contributed by atoms with Gasteiger partial charge in [-0.05, 0) is 29.8 Å². The molecule has 7 nitrogen and oxygen atoms in total. The topological polar surface area (TPSA) is 106 Å². The maximum atomic E-state index is 12.0. The lowest BCUT2D eigenvalue weighted by atomic mass is 10.1. The van der Waals surface area contributed by atoms with Crippen molar-refractivity contribution in [1.82, 2.24) is 5.43 Å². The number of hydrogen-bond donors (Lipinski definition) is 3. The molecule has 134 valence electrons. The number of halogens is 1. The number of nitrogens with one attached hydrogen (secondary N) is 1. The Balaban J connectivity index is 0.00000312. The molecule has 0 aliphatic heterocycles. The predicted octanol–water partition coefficient (Wildman–Crippen LogP) is 2.05. The van der Waals surface area contributed by atoms with E-state index in [0.29, 0.717) is 17.7 Å². The van der Waals surface area contributed by atoms with Gasteiger partial charge in [-0.1, -0.05) is 12.1 Å². The Morgan fingerprint density at radius 2 is 1.76 bits per heavy atom. The lowest BCUT2D eigenvalue weighted by molar-refractivity contribution is 0.0955. The molecule has 0 radical (unpaired) electrons. The number of hydrazone groups is 1. The van der Waals surface area contributed by atoms with E-state index in [0.717, 1.165) is 5.56 Å². The zero-order valence-electron chi connectivity index (χ0n) is 13.9. The Morgan fingerprint density at radius 3 is 2.24 bits per heavy atom. The summed E-state index contributed by atoms with van der Waals surface area (Å²) in [5, 5.41) is 13.7. The van der Waals surface area contributed by atoms with Crippen molar-refractivity contribution < 1.29 is 19.4 Å². The van der Waals surface area contributed by atoms with E-state index < -0.39 is 0 Å². The number of methoxy groups -OCH3 is 2. The molecule has 8 heteroatoms. The minimum atomic E-state index is -0.340. The van der Waals surface area contributed by atoms with Crippen LogP contribution in [-0.4, -0.2) is 31.4 Å². The molecule has 0 unspecified atom stereocenters. The summed E-state index contributed by atoms with van der Waals surface area (Å²) in [6, 6.07) is 10.1. The van der Waals surface area contributed by atoms with Crippen LogP contribution in [0, 0.1) is 0 Å². The molecule has 2 aromatic carbocycles. The summed E-state index contributed by atoms with van der Waals surface area (Å²) in [6.45, 7) is 0.421. The number of phenolic OH excluding ortho intramolecular Hbond substituents is 1. The minimum absolute atomic E-state index is 0. The molecule has 0 aliphatic rings. The number of carbonyl (C=O) groups excluding carboxylic acids is 1. The van der Waals surface area contributed by atoms with E-state index in [1.807, 2.05) is 0 Å². The van der Waals surface area contributed by atoms with E-state index in [4.69, 9.17) is 15.2 Å². The van der Waals surface area contributed by atoms with E-state index in [2.05, 4.69) is 10.5 Å². The smallest absolute Gasteiger partial charge is 0.271 e. The van der Waals surface area contributed by atoms with Crippen LogP contribution in [0.15, 0.2) is 41.5 Å². The molecule has 2 rings (SSSR count). The quantitative estimate of drug-likeness (QED) is 0.536. The highest BCUT2D eigenvalue weighted by molar-refractivity contribution is 5.95. The van der Waals surface area contributed by atoms with Crippen LogP contribution in [-0.2, 0) is 6.54 Å². The molecular formula is C17H20ClN3O4. The molecule has 0 fully saturated rings. The van der Waals surface area contributed by atoms with Gasteiger partial charge < -0.3 is 20.3 Å². The number of benzene rings is 2. The molecule has 25 heavy (non-hydrogen) atoms. The van der Waals surface area contributed by atoms with E-state index in [-0.39, 0.29) is 35.6 Å². The number of carbonyl (C=O) groups is 1. The predicted molar refractivity (Wildman–Crippen MR) is 97.9 cm³/mol. The summed E-state index contributed by atoms with van der Waals surface area (Å²) < 4.78 is 10.1. The third kappa shape index (κ3) is 5.10. The van der Waals surface area contributed by atoms with Crippen molar-refractivity contribution in [2.75, 3.05) is 14.2 Å². The van der Waals surface area contributed by atoms with Crippen LogP contribution in [0.2, 0.25) is 0 Å². The summed E-state index contributed by atoms with van der Waals surface area (Å²) in [5.74, 6) is 0.0627. The number of phenols is 1. The zero-order chi connectivity index (χ0) is 17.5. The van der Waals surface area contributed by atoms with Crippen molar-refractivity contribution in [2.24, 2.45) is 10.8 Å². The largest absolute Gasteiger partial charge is 0.502 e. The molecular weight excluding hydrogens is 346 g/mol. The van der Waals surface area contributed by atoms with Gasteiger partial charge in [0.05, 0.1) is 20.4 Å². The number of amides is 1. The highest BCUT2D eigenvalue weighted by atomic mass is 35.5. The van der Waals surface area contributed by atoms with Gasteiger partial charge in [0, 0.05) is 17.7 Å². The molecule has 0 saturated carbocycles. The molecule has 0 aromatic heterocycles. The standard InChI is InChI=1S/C17H19N3O4.ClH/c1-23-14-7-12(8-15(24-2)16(14)21)10-19-20-17(22)13-5-3-11(9-18)4-6-13;/h3-8,10,21H,9,18H2,1-2H3,(H,20,22);1H/b19-10+;. The second kappa shape index (κ2) is 9.51. The molecule has 1 amide bonds. The normalized spacial score (nSPS) is 10.2. The van der Waals surface area contributed by atoms with Crippen molar-refractivity contribution in [1.29, 1.82) is 0 Å². The average molecular weight is 366 g/mol. The van der Waals surface area contributed by atoms with Gasteiger partial charge in [0.1, 0.15) is 0 Å². The van der Waals surface area contributed by atoms with Crippen LogP contribution in [0.3, 0.4) is 0 Å². The minimum Gasteiger partial charge on any atom is -0.502 e. The van der Waals surface area contributed by atoms with Gasteiger partial charge in [0.15, 0.2) is 11.5 Å². The van der Waals surface area contributed by atoms with Crippen LogP contribution in [0.5, 0.6) is 17.2 Å². The Morgan fingerprint density at radius 1 is 1.20 bits per heavy atom. The molecule has 2 aromatic rings. The summed E-state index contributed by atoms with van der Waals surface area (Å²) in [6.07, 6.45) is 1.43. The lowest BCUT2D eigenvalue weighted by Gasteiger charge is -2.09. The molecule has 0 bridgehead atoms. The van der Waals surface area contributed by atoms with Crippen LogP contribution >= 0.6 is 12.4 Å². The van der Waals surface area contributed by atoms with E-state index in [9.17, 15) is 9.90 Å². The first kappa shape index (κ1) is 20.3. The van der Waals surface area contributed by atoms with Crippen molar-refractivity contribution in [2.45, 2.75) is 6.54 Å². The van der Waals surface area contributed by atoms with Gasteiger partial charge in [-0.25, -0.2) is 5.43 Å². The van der Waals surface area contributed by atoms with Crippen LogP contribution in [0.1, 0.15) is 21.5 Å². The first-order chi connectivity index (χ1) is 11.6. The van der Waals surface area contributed by atoms with Gasteiger partial charge in [0.2, 0.25) is 5.75 Å². The fourth-order valence-corrected chi connectivity index (χ4v) is 2.01. The van der Waals surface area contributed by atoms with Gasteiger partial charge in [-0.2, -0.15) is 5.10 Å². The van der Waals surface area contributed by atoms with Crippen LogP contribution in [0.4, 0.5) is 0 Å². The first-order valence-electron chi connectivity index (χ1n) is 7.16. The van der Waals surface area contributed by atoms with Crippen LogP contribution in [0.25, 0.3) is 0 Å². The van der Waals surface area contributed by atoms with Gasteiger partial charge >= 0.3 is 0 Å². The highest BCUT2D eigenvalue weighted by Crippen LogP contribution is 2.36. The van der Waals surface area contributed by atoms with Crippen molar-refractivity contribution in [3.63, 3.8) is 0 Å². The van der Waals surface area contributed by atoms with E-state index >= 15 is 0 Å². The summed E-state index contributed by atoms with van der Waals surface area (Å²) in [4.78, 5) is 12.0. The molecule has 0 atom stereocenters. The van der Waals surface area contributed by atoms with Crippen molar-refractivity contribution in [3.8, 4) is 17.2 Å². The first-order valence-corrected chi connectivity index (χ1v) is 7.16. The Hall–Kier alpha value is -2.77. The summed E-state index contributed by atoms with van der Waals surface area (Å²) in [5.41, 5.74) is 9.96. The second-order valence-electron chi connectivity index (χ2n) is 4.87. The maximum Gasteiger partial charge on any atom is 0.271 e. The highest BCUT2D eigenvalue weighted by Gasteiger charge is 2.10. The monoisotopic (exact) mass is 365 g/mol.